The summed E-state index contributed by atoms with van der Waals surface area (Å²) >= 11 is 0. The van der Waals surface area contributed by atoms with Gasteiger partial charge in [0.1, 0.15) is 12.6 Å². The number of carbonyl (C=O) groups is 2. The lowest BCUT2D eigenvalue weighted by Crippen LogP contribution is -2.52. The van der Waals surface area contributed by atoms with Gasteiger partial charge < -0.3 is 15.0 Å². The number of nitrogens with one attached hydrogen (secondary N) is 2. The van der Waals surface area contributed by atoms with Gasteiger partial charge in [0.2, 0.25) is 11.8 Å². The minimum Gasteiger partial charge on any atom is -0.378 e. The number of morpholine rings is 1. The zero-order chi connectivity index (χ0) is 27.0. The molecule has 2 aromatic rings. The second-order valence-electron chi connectivity index (χ2n) is 9.51. The highest BCUT2D eigenvalue weighted by atomic mass is 32.2. The van der Waals surface area contributed by atoms with E-state index in [4.69, 9.17) is 10.00 Å². The van der Waals surface area contributed by atoms with Crippen LogP contribution in [-0.4, -0.2) is 70.3 Å². The van der Waals surface area contributed by atoms with Crippen molar-refractivity contribution in [2.24, 2.45) is 5.92 Å². The van der Waals surface area contributed by atoms with Crippen molar-refractivity contribution < 1.29 is 22.7 Å². The lowest BCUT2D eigenvalue weighted by atomic mass is 9.97. The first kappa shape index (κ1) is 28.3. The molecule has 2 amide bonds. The van der Waals surface area contributed by atoms with Crippen LogP contribution in [0.1, 0.15) is 31.9 Å². The number of ether oxygens (including phenoxy) is 1. The predicted molar refractivity (Wildman–Crippen MR) is 140 cm³/mol. The van der Waals surface area contributed by atoms with Crippen molar-refractivity contribution in [3.8, 4) is 17.2 Å². The predicted octanol–water partition coefficient (Wildman–Crippen LogP) is 2.30. The largest absolute Gasteiger partial charge is 0.378 e. The maximum Gasteiger partial charge on any atom is 0.244 e. The van der Waals surface area contributed by atoms with E-state index in [2.05, 4.69) is 10.6 Å². The van der Waals surface area contributed by atoms with Crippen molar-refractivity contribution in [1.29, 1.82) is 5.26 Å². The monoisotopic (exact) mass is 526 g/mol. The molecule has 0 bridgehead atoms. The number of carbonyl (C=O) groups excluding carboxylic acids is 2. The lowest BCUT2D eigenvalue weighted by Gasteiger charge is -2.33. The molecule has 2 N–H and O–H groups in total. The summed E-state index contributed by atoms with van der Waals surface area (Å²) in [5, 5.41) is 14.8. The highest BCUT2D eigenvalue weighted by Gasteiger charge is 2.31. The molecule has 0 spiro atoms. The van der Waals surface area contributed by atoms with Crippen molar-refractivity contribution in [2.45, 2.75) is 37.2 Å². The molecule has 1 saturated heterocycles. The van der Waals surface area contributed by atoms with E-state index in [-0.39, 0.29) is 29.2 Å². The zero-order valence-electron chi connectivity index (χ0n) is 21.4. The van der Waals surface area contributed by atoms with Crippen molar-refractivity contribution in [2.75, 3.05) is 39.1 Å². The maximum absolute atomic E-state index is 13.6. The summed E-state index contributed by atoms with van der Waals surface area (Å²) in [5.74, 6) is -0.283. The van der Waals surface area contributed by atoms with Crippen LogP contribution in [0.25, 0.3) is 11.1 Å². The van der Waals surface area contributed by atoms with Crippen LogP contribution in [0.2, 0.25) is 0 Å². The topological polar surface area (TPSA) is 129 Å². The normalized spacial score (nSPS) is 15.6. The summed E-state index contributed by atoms with van der Waals surface area (Å²) in [6.45, 7) is 5.74. The third kappa shape index (κ3) is 7.86. The lowest BCUT2D eigenvalue weighted by molar-refractivity contribution is -0.138. The summed E-state index contributed by atoms with van der Waals surface area (Å²) < 4.78 is 28.9. The Labute approximate surface area is 218 Å². The van der Waals surface area contributed by atoms with Gasteiger partial charge in [-0.3, -0.25) is 14.9 Å². The molecule has 0 radical (unpaired) electrons. The van der Waals surface area contributed by atoms with E-state index in [0.29, 0.717) is 38.3 Å². The van der Waals surface area contributed by atoms with Crippen LogP contribution in [-0.2, 0) is 24.2 Å². The van der Waals surface area contributed by atoms with Crippen LogP contribution >= 0.6 is 0 Å². The van der Waals surface area contributed by atoms with Crippen molar-refractivity contribution in [3.05, 3.63) is 54.1 Å². The first-order valence-corrected chi connectivity index (χ1v) is 14.2. The number of amides is 2. The highest BCUT2D eigenvalue weighted by molar-refractivity contribution is 7.90. The van der Waals surface area contributed by atoms with E-state index in [9.17, 15) is 18.0 Å². The third-order valence-corrected chi connectivity index (χ3v) is 7.29. The van der Waals surface area contributed by atoms with Gasteiger partial charge in [-0.05, 0) is 41.2 Å². The number of rotatable bonds is 10. The van der Waals surface area contributed by atoms with Crippen LogP contribution in [0, 0.1) is 17.2 Å². The molecule has 1 unspecified atom stereocenters. The molecule has 0 aliphatic carbocycles. The fourth-order valence-corrected chi connectivity index (χ4v) is 4.84. The standard InChI is InChI=1S/C27H34N4O5S/c1-19(2)18-24(26(32)29-13-12-28)30-25(27(33)31-14-16-36-17-15-31)22-6-4-20(5-7-22)21-8-10-23(11-9-21)37(3,34)35/h4-11,19,24-25,30H,13-18H2,1-3H3,(H,29,32)/t24-,25?/m0/s1. The van der Waals surface area contributed by atoms with Gasteiger partial charge in [0.05, 0.1) is 30.2 Å². The first-order valence-electron chi connectivity index (χ1n) is 12.3. The first-order chi connectivity index (χ1) is 17.6. The van der Waals surface area contributed by atoms with E-state index >= 15 is 0 Å². The van der Waals surface area contributed by atoms with E-state index in [1.54, 1.807) is 29.2 Å². The zero-order valence-corrected chi connectivity index (χ0v) is 22.3. The number of hydrogen-bond acceptors (Lipinski definition) is 7. The van der Waals surface area contributed by atoms with Crippen molar-refractivity contribution in [3.63, 3.8) is 0 Å². The van der Waals surface area contributed by atoms with Crippen LogP contribution in [0.3, 0.4) is 0 Å². The van der Waals surface area contributed by atoms with E-state index in [1.165, 1.54) is 6.26 Å². The molecule has 2 atom stereocenters. The van der Waals surface area contributed by atoms with Gasteiger partial charge in [-0.25, -0.2) is 8.42 Å². The Bertz CT molecular complexity index is 1210. The fraction of sp³-hybridized carbons (Fsp3) is 0.444. The van der Waals surface area contributed by atoms with Crippen molar-refractivity contribution in [1.82, 2.24) is 15.5 Å². The average molecular weight is 527 g/mol. The molecule has 198 valence electrons. The number of nitrogens with zero attached hydrogens (tertiary/aromatic N) is 2. The number of nitriles is 1. The Morgan fingerprint density at radius 3 is 2.11 bits per heavy atom. The number of hydrogen-bond donors (Lipinski definition) is 2. The second-order valence-corrected chi connectivity index (χ2v) is 11.5. The molecule has 37 heavy (non-hydrogen) atoms. The van der Waals surface area contributed by atoms with Gasteiger partial charge in [-0.15, -0.1) is 0 Å². The van der Waals surface area contributed by atoms with E-state index in [1.807, 2.05) is 44.2 Å². The summed E-state index contributed by atoms with van der Waals surface area (Å²) in [4.78, 5) is 28.4. The van der Waals surface area contributed by atoms with Gasteiger partial charge in [0.15, 0.2) is 9.84 Å². The molecule has 10 heteroatoms. The molecular formula is C27H34N4O5S. The molecule has 2 aromatic carbocycles. The van der Waals surface area contributed by atoms with Gasteiger partial charge in [0, 0.05) is 19.3 Å². The Kier molecular flexibility index (Phi) is 9.80. The quantitative estimate of drug-likeness (QED) is 0.455. The summed E-state index contributed by atoms with van der Waals surface area (Å²) in [5.41, 5.74) is 2.42. The van der Waals surface area contributed by atoms with Crippen LogP contribution in [0.4, 0.5) is 0 Å². The van der Waals surface area contributed by atoms with E-state index in [0.717, 1.165) is 11.1 Å². The summed E-state index contributed by atoms with van der Waals surface area (Å²) in [6.07, 6.45) is 1.66. The minimum absolute atomic E-state index is 0.107. The second kappa shape index (κ2) is 12.8. The van der Waals surface area contributed by atoms with Crippen LogP contribution in [0.5, 0.6) is 0 Å². The maximum atomic E-state index is 13.6. The fourth-order valence-electron chi connectivity index (χ4n) is 4.21. The molecule has 9 nitrogen and oxygen atoms in total. The smallest absolute Gasteiger partial charge is 0.244 e. The minimum atomic E-state index is -3.28. The Hall–Kier alpha value is -3.26. The molecule has 0 aromatic heterocycles. The molecule has 1 aliphatic rings. The number of sulfone groups is 1. The molecule has 3 rings (SSSR count). The Morgan fingerprint density at radius 2 is 1.59 bits per heavy atom. The van der Waals surface area contributed by atoms with Gasteiger partial charge >= 0.3 is 0 Å². The number of benzene rings is 2. The Morgan fingerprint density at radius 1 is 1.03 bits per heavy atom. The highest BCUT2D eigenvalue weighted by Crippen LogP contribution is 2.25. The average Bonchev–Trinajstić information content (AvgIpc) is 2.89. The van der Waals surface area contributed by atoms with Gasteiger partial charge in [-0.2, -0.15) is 5.26 Å². The van der Waals surface area contributed by atoms with Gasteiger partial charge in [-0.1, -0.05) is 50.2 Å². The molecule has 1 fully saturated rings. The molecule has 1 aliphatic heterocycles. The third-order valence-electron chi connectivity index (χ3n) is 6.16. The van der Waals surface area contributed by atoms with Crippen LogP contribution in [0.15, 0.2) is 53.4 Å². The summed E-state index contributed by atoms with van der Waals surface area (Å²) in [7, 11) is -3.28. The van der Waals surface area contributed by atoms with Crippen LogP contribution < -0.4 is 10.6 Å². The van der Waals surface area contributed by atoms with Gasteiger partial charge in [0.25, 0.3) is 0 Å². The Balaban J connectivity index is 1.90. The molecular weight excluding hydrogens is 492 g/mol. The molecule has 0 saturated carbocycles. The molecule has 1 heterocycles. The SMILES string of the molecule is CC(C)C[C@H](NC(C(=O)N1CCOCC1)c1ccc(-c2ccc(S(C)(=O)=O)cc2)cc1)C(=O)NCC#N. The van der Waals surface area contributed by atoms with E-state index < -0.39 is 21.9 Å². The summed E-state index contributed by atoms with van der Waals surface area (Å²) in [6, 6.07) is 14.6. The van der Waals surface area contributed by atoms with Crippen molar-refractivity contribution >= 4 is 21.7 Å².